The molecule has 2 unspecified atom stereocenters. The maximum Gasteiger partial charge on any atom is 0.127 e. The first-order valence-corrected chi connectivity index (χ1v) is 7.37. The summed E-state index contributed by atoms with van der Waals surface area (Å²) in [5.74, 6) is 0.389. The number of nitrogens with two attached hydrogens (primary N) is 1. The minimum absolute atomic E-state index is 0.147. The molecule has 2 atom stereocenters. The number of halogens is 2. The van der Waals surface area contributed by atoms with E-state index in [9.17, 15) is 4.39 Å². The lowest BCUT2D eigenvalue weighted by molar-refractivity contribution is 0.266. The van der Waals surface area contributed by atoms with Crippen molar-refractivity contribution < 1.29 is 4.39 Å². The molecule has 0 aromatic heterocycles. The average molecular weight is 315 g/mol. The van der Waals surface area contributed by atoms with Crippen molar-refractivity contribution in [3.05, 3.63) is 34.1 Å². The fourth-order valence-electron chi connectivity index (χ4n) is 2.68. The van der Waals surface area contributed by atoms with Gasteiger partial charge in [-0.05, 0) is 43.5 Å². The third-order valence-electron chi connectivity index (χ3n) is 3.77. The van der Waals surface area contributed by atoms with E-state index in [1.807, 2.05) is 6.07 Å². The molecule has 0 radical (unpaired) electrons. The lowest BCUT2D eigenvalue weighted by atomic mass is 9.84. The molecule has 1 aromatic carbocycles. The van der Waals surface area contributed by atoms with Crippen molar-refractivity contribution in [2.45, 2.75) is 38.3 Å². The maximum atomic E-state index is 13.6. The second-order valence-electron chi connectivity index (χ2n) is 5.00. The van der Waals surface area contributed by atoms with Crippen LogP contribution in [0.3, 0.4) is 0 Å². The van der Waals surface area contributed by atoms with E-state index in [4.69, 9.17) is 5.73 Å². The Labute approximate surface area is 116 Å². The molecule has 100 valence electrons. The van der Waals surface area contributed by atoms with Crippen molar-refractivity contribution in [2.75, 3.05) is 6.54 Å². The van der Waals surface area contributed by atoms with Gasteiger partial charge >= 0.3 is 0 Å². The predicted octanol–water partition coefficient (Wildman–Crippen LogP) is 3.20. The summed E-state index contributed by atoms with van der Waals surface area (Å²) in [6.45, 7) is 1.30. The van der Waals surface area contributed by atoms with Crippen molar-refractivity contribution in [2.24, 2.45) is 11.7 Å². The quantitative estimate of drug-likeness (QED) is 0.895. The summed E-state index contributed by atoms with van der Waals surface area (Å²) in [5, 5.41) is 3.47. The van der Waals surface area contributed by atoms with Crippen LogP contribution in [0, 0.1) is 11.7 Å². The van der Waals surface area contributed by atoms with Gasteiger partial charge < -0.3 is 11.1 Å². The van der Waals surface area contributed by atoms with E-state index in [0.29, 0.717) is 24.1 Å². The number of rotatable bonds is 4. The predicted molar refractivity (Wildman–Crippen MR) is 75.7 cm³/mol. The Kier molecular flexibility index (Phi) is 5.15. The molecule has 2 nitrogen and oxygen atoms in total. The van der Waals surface area contributed by atoms with Gasteiger partial charge in [0.25, 0.3) is 0 Å². The Morgan fingerprint density at radius 2 is 2.11 bits per heavy atom. The number of hydrogen-bond donors (Lipinski definition) is 2. The Bertz CT molecular complexity index is 397. The van der Waals surface area contributed by atoms with Gasteiger partial charge in [-0.25, -0.2) is 4.39 Å². The van der Waals surface area contributed by atoms with Gasteiger partial charge in [0.05, 0.1) is 0 Å². The van der Waals surface area contributed by atoms with Gasteiger partial charge in [0.1, 0.15) is 5.82 Å². The van der Waals surface area contributed by atoms with Crippen LogP contribution < -0.4 is 11.1 Å². The van der Waals surface area contributed by atoms with E-state index >= 15 is 0 Å². The van der Waals surface area contributed by atoms with Crippen LogP contribution in [0.25, 0.3) is 0 Å². The third kappa shape index (κ3) is 3.53. The Hall–Kier alpha value is -0.450. The van der Waals surface area contributed by atoms with Gasteiger partial charge in [0, 0.05) is 22.6 Å². The molecule has 1 aromatic rings. The van der Waals surface area contributed by atoms with E-state index in [1.54, 1.807) is 6.07 Å². The van der Waals surface area contributed by atoms with Crippen molar-refractivity contribution in [3.8, 4) is 0 Å². The third-order valence-corrected chi connectivity index (χ3v) is 4.27. The zero-order valence-corrected chi connectivity index (χ0v) is 12.0. The van der Waals surface area contributed by atoms with E-state index in [0.717, 1.165) is 17.4 Å². The molecule has 0 aliphatic heterocycles. The van der Waals surface area contributed by atoms with Gasteiger partial charge in [0.15, 0.2) is 0 Å². The summed E-state index contributed by atoms with van der Waals surface area (Å²) in [4.78, 5) is 0. The molecule has 0 heterocycles. The first kappa shape index (κ1) is 14.0. The summed E-state index contributed by atoms with van der Waals surface area (Å²) >= 11 is 3.37. The maximum absolute atomic E-state index is 13.6. The standard InChI is InChI=1S/C14H20BrFN2/c15-12-5-6-13(16)11(7-12)9-18-14-4-2-1-3-10(14)8-17/h5-7,10,14,18H,1-4,8-9,17H2. The second kappa shape index (κ2) is 6.64. The highest BCUT2D eigenvalue weighted by Crippen LogP contribution is 2.24. The molecule has 18 heavy (non-hydrogen) atoms. The van der Waals surface area contributed by atoms with Crippen LogP contribution in [0.2, 0.25) is 0 Å². The Morgan fingerprint density at radius 1 is 1.33 bits per heavy atom. The van der Waals surface area contributed by atoms with Crippen LogP contribution in [0.1, 0.15) is 31.2 Å². The SMILES string of the molecule is NCC1CCCCC1NCc1cc(Br)ccc1F. The molecule has 0 spiro atoms. The molecule has 0 saturated heterocycles. The molecular weight excluding hydrogens is 295 g/mol. The molecule has 0 bridgehead atoms. The van der Waals surface area contributed by atoms with Gasteiger partial charge in [0.2, 0.25) is 0 Å². The van der Waals surface area contributed by atoms with Crippen LogP contribution in [0.5, 0.6) is 0 Å². The van der Waals surface area contributed by atoms with Crippen molar-refractivity contribution in [1.29, 1.82) is 0 Å². The van der Waals surface area contributed by atoms with Gasteiger partial charge in [-0.15, -0.1) is 0 Å². The fourth-order valence-corrected chi connectivity index (χ4v) is 3.09. The minimum Gasteiger partial charge on any atom is -0.330 e. The molecule has 1 aliphatic carbocycles. The molecule has 0 amide bonds. The highest BCUT2D eigenvalue weighted by atomic mass is 79.9. The Balaban J connectivity index is 1.95. The summed E-state index contributed by atoms with van der Waals surface area (Å²) < 4.78 is 14.5. The normalized spacial score (nSPS) is 24.2. The molecule has 2 rings (SSSR count). The first-order chi connectivity index (χ1) is 8.70. The summed E-state index contributed by atoms with van der Waals surface area (Å²) in [6, 6.07) is 5.50. The number of nitrogens with one attached hydrogen (secondary N) is 1. The number of benzene rings is 1. The summed E-state index contributed by atoms with van der Waals surface area (Å²) in [7, 11) is 0. The molecular formula is C14H20BrFN2. The summed E-state index contributed by atoms with van der Waals surface area (Å²) in [6.07, 6.45) is 4.85. The van der Waals surface area contributed by atoms with Crippen molar-refractivity contribution >= 4 is 15.9 Å². The smallest absolute Gasteiger partial charge is 0.127 e. The molecule has 3 N–H and O–H groups in total. The first-order valence-electron chi connectivity index (χ1n) is 6.58. The monoisotopic (exact) mass is 314 g/mol. The van der Waals surface area contributed by atoms with Crippen LogP contribution in [0.4, 0.5) is 4.39 Å². The molecule has 1 aliphatic rings. The minimum atomic E-state index is -0.147. The van der Waals surface area contributed by atoms with Gasteiger partial charge in [-0.3, -0.25) is 0 Å². The van der Waals surface area contributed by atoms with Crippen LogP contribution >= 0.6 is 15.9 Å². The van der Waals surface area contributed by atoms with E-state index in [1.165, 1.54) is 25.3 Å². The Morgan fingerprint density at radius 3 is 2.89 bits per heavy atom. The van der Waals surface area contributed by atoms with Gasteiger partial charge in [-0.2, -0.15) is 0 Å². The van der Waals surface area contributed by atoms with E-state index < -0.39 is 0 Å². The summed E-state index contributed by atoms with van der Waals surface area (Å²) in [5.41, 5.74) is 6.51. The van der Waals surface area contributed by atoms with E-state index in [2.05, 4.69) is 21.2 Å². The molecule has 4 heteroatoms. The number of hydrogen-bond acceptors (Lipinski definition) is 2. The second-order valence-corrected chi connectivity index (χ2v) is 5.92. The highest BCUT2D eigenvalue weighted by molar-refractivity contribution is 9.10. The lowest BCUT2D eigenvalue weighted by Gasteiger charge is -2.31. The van der Waals surface area contributed by atoms with Crippen LogP contribution in [-0.4, -0.2) is 12.6 Å². The van der Waals surface area contributed by atoms with Crippen LogP contribution in [-0.2, 0) is 6.54 Å². The van der Waals surface area contributed by atoms with Gasteiger partial charge in [-0.1, -0.05) is 28.8 Å². The van der Waals surface area contributed by atoms with Crippen molar-refractivity contribution in [3.63, 3.8) is 0 Å². The lowest BCUT2D eigenvalue weighted by Crippen LogP contribution is -2.41. The van der Waals surface area contributed by atoms with E-state index in [-0.39, 0.29) is 5.82 Å². The molecule has 1 saturated carbocycles. The average Bonchev–Trinajstić information content (AvgIpc) is 2.40. The highest BCUT2D eigenvalue weighted by Gasteiger charge is 2.23. The topological polar surface area (TPSA) is 38.0 Å². The zero-order valence-electron chi connectivity index (χ0n) is 10.5. The largest absolute Gasteiger partial charge is 0.330 e. The van der Waals surface area contributed by atoms with Crippen molar-refractivity contribution in [1.82, 2.24) is 5.32 Å². The zero-order chi connectivity index (χ0) is 13.0. The van der Waals surface area contributed by atoms with Crippen LogP contribution in [0.15, 0.2) is 22.7 Å². The molecule has 1 fully saturated rings. The fraction of sp³-hybridized carbons (Fsp3) is 0.571.